The summed E-state index contributed by atoms with van der Waals surface area (Å²) in [7, 11) is 0. The van der Waals surface area contributed by atoms with Crippen LogP contribution in [-0.4, -0.2) is 31.2 Å². The van der Waals surface area contributed by atoms with Gasteiger partial charge in [0.2, 0.25) is 11.8 Å². The number of nitrogens with one attached hydrogen (secondary N) is 2. The topological polar surface area (TPSA) is 95.8 Å². The molecule has 0 radical (unpaired) electrons. The molecule has 32 heavy (non-hydrogen) atoms. The maximum Gasteiger partial charge on any atom is 0.328 e. The Hall–Kier alpha value is -3.43. The van der Waals surface area contributed by atoms with E-state index in [9.17, 15) is 9.90 Å². The molecular formula is C23H18BrN5O2S. The van der Waals surface area contributed by atoms with E-state index in [0.717, 1.165) is 20.6 Å². The van der Waals surface area contributed by atoms with Crippen LogP contribution >= 0.6 is 27.3 Å². The summed E-state index contributed by atoms with van der Waals surface area (Å²) in [4.78, 5) is 24.9. The number of imidazole rings is 1. The second kappa shape index (κ2) is 8.60. The van der Waals surface area contributed by atoms with E-state index in [1.54, 1.807) is 17.5 Å². The highest BCUT2D eigenvalue weighted by Gasteiger charge is 2.15. The number of anilines is 1. The number of hydrogen-bond acceptors (Lipinski definition) is 6. The Balaban J connectivity index is 1.37. The second-order valence-corrected chi connectivity index (χ2v) is 9.05. The van der Waals surface area contributed by atoms with Gasteiger partial charge in [-0.25, -0.2) is 14.8 Å². The summed E-state index contributed by atoms with van der Waals surface area (Å²) in [6.07, 6.45) is 1.72. The molecule has 0 fully saturated rings. The van der Waals surface area contributed by atoms with Crippen LogP contribution in [0.15, 0.2) is 76.1 Å². The van der Waals surface area contributed by atoms with Gasteiger partial charge in [0.15, 0.2) is 0 Å². The van der Waals surface area contributed by atoms with Crippen molar-refractivity contribution in [2.75, 3.05) is 11.9 Å². The monoisotopic (exact) mass is 507 g/mol. The standard InChI is InChI=1S/C23H18BrN5O2S/c24-16-13-26-22(27-19(16)18-12-15-8-4-5-9-17(15)32-18)25-10-11-29-20(21(30)28-23(29)31)14-6-2-1-3-7-14/h1-9,12-13,30H,10-11H2,(H,28,31)(H,25,26,27). The molecule has 0 saturated heterocycles. The van der Waals surface area contributed by atoms with Crippen LogP contribution in [0.1, 0.15) is 0 Å². The first kappa shape index (κ1) is 20.5. The van der Waals surface area contributed by atoms with Crippen molar-refractivity contribution in [3.05, 3.63) is 81.8 Å². The van der Waals surface area contributed by atoms with Crippen molar-refractivity contribution in [1.82, 2.24) is 19.5 Å². The van der Waals surface area contributed by atoms with Crippen molar-refractivity contribution >= 4 is 43.3 Å². The molecule has 9 heteroatoms. The lowest BCUT2D eigenvalue weighted by Gasteiger charge is -2.10. The number of benzene rings is 2. The second-order valence-electron chi connectivity index (χ2n) is 7.11. The predicted molar refractivity (Wildman–Crippen MR) is 131 cm³/mol. The Morgan fingerprint density at radius 1 is 1.12 bits per heavy atom. The van der Waals surface area contributed by atoms with Crippen molar-refractivity contribution in [2.24, 2.45) is 0 Å². The minimum atomic E-state index is -0.370. The van der Waals surface area contributed by atoms with Gasteiger partial charge in [-0.1, -0.05) is 48.5 Å². The smallest absolute Gasteiger partial charge is 0.328 e. The quantitative estimate of drug-likeness (QED) is 0.297. The van der Waals surface area contributed by atoms with Gasteiger partial charge < -0.3 is 10.4 Å². The molecule has 0 aliphatic heterocycles. The van der Waals surface area contributed by atoms with E-state index in [4.69, 9.17) is 0 Å². The molecule has 3 heterocycles. The third-order valence-corrected chi connectivity index (χ3v) is 6.74. The highest BCUT2D eigenvalue weighted by atomic mass is 79.9. The minimum absolute atomic E-state index is 0.145. The predicted octanol–water partition coefficient (Wildman–Crippen LogP) is 5.10. The third-order valence-electron chi connectivity index (χ3n) is 5.03. The third kappa shape index (κ3) is 3.92. The Labute approximate surface area is 195 Å². The van der Waals surface area contributed by atoms with E-state index in [1.807, 2.05) is 42.5 Å². The highest BCUT2D eigenvalue weighted by Crippen LogP contribution is 2.36. The molecule has 0 aliphatic carbocycles. The van der Waals surface area contributed by atoms with E-state index in [2.05, 4.69) is 54.4 Å². The zero-order chi connectivity index (χ0) is 22.1. The van der Waals surface area contributed by atoms with Gasteiger partial charge in [0.05, 0.1) is 9.35 Å². The van der Waals surface area contributed by atoms with Crippen LogP contribution in [0.4, 0.5) is 5.95 Å². The van der Waals surface area contributed by atoms with Gasteiger partial charge in [0.1, 0.15) is 11.4 Å². The highest BCUT2D eigenvalue weighted by molar-refractivity contribution is 9.10. The number of aromatic amines is 1. The number of halogens is 1. The first-order chi connectivity index (χ1) is 15.6. The molecule has 5 rings (SSSR count). The number of H-pyrrole nitrogens is 1. The van der Waals surface area contributed by atoms with Crippen LogP contribution in [0.25, 0.3) is 31.9 Å². The van der Waals surface area contributed by atoms with E-state index >= 15 is 0 Å². The van der Waals surface area contributed by atoms with E-state index in [1.165, 1.54) is 14.7 Å². The molecule has 0 amide bonds. The Morgan fingerprint density at radius 2 is 1.91 bits per heavy atom. The maximum absolute atomic E-state index is 12.3. The van der Waals surface area contributed by atoms with Crippen molar-refractivity contribution in [3.63, 3.8) is 0 Å². The van der Waals surface area contributed by atoms with E-state index < -0.39 is 0 Å². The maximum atomic E-state index is 12.3. The lowest BCUT2D eigenvalue weighted by atomic mass is 10.1. The van der Waals surface area contributed by atoms with Crippen LogP contribution in [0.3, 0.4) is 0 Å². The molecule has 3 N–H and O–H groups in total. The number of thiophene rings is 1. The SMILES string of the molecule is O=c1[nH]c(O)c(-c2ccccc2)n1CCNc1ncc(Br)c(-c2cc3ccccc3s2)n1. The van der Waals surface area contributed by atoms with Crippen LogP contribution < -0.4 is 11.0 Å². The minimum Gasteiger partial charge on any atom is -0.493 e. The number of fused-ring (bicyclic) bond motifs is 1. The van der Waals surface area contributed by atoms with Gasteiger partial charge in [-0.05, 0) is 33.4 Å². The average Bonchev–Trinajstić information content (AvgIpc) is 3.35. The molecule has 2 aromatic carbocycles. The number of aromatic hydroxyl groups is 1. The van der Waals surface area contributed by atoms with Gasteiger partial charge in [-0.15, -0.1) is 11.3 Å². The Morgan fingerprint density at radius 3 is 2.72 bits per heavy atom. The molecule has 0 unspecified atom stereocenters. The molecule has 0 spiro atoms. The largest absolute Gasteiger partial charge is 0.493 e. The summed E-state index contributed by atoms with van der Waals surface area (Å²) < 4.78 is 3.51. The molecule has 0 atom stereocenters. The molecule has 5 aromatic rings. The Kier molecular flexibility index (Phi) is 5.50. The first-order valence-corrected chi connectivity index (χ1v) is 11.5. The first-order valence-electron chi connectivity index (χ1n) is 9.93. The summed E-state index contributed by atoms with van der Waals surface area (Å²) in [5.74, 6) is 0.322. The zero-order valence-electron chi connectivity index (χ0n) is 16.7. The summed E-state index contributed by atoms with van der Waals surface area (Å²) in [6, 6.07) is 19.6. The van der Waals surface area contributed by atoms with Crippen molar-refractivity contribution < 1.29 is 5.11 Å². The summed E-state index contributed by atoms with van der Waals surface area (Å²) >= 11 is 5.23. The molecule has 0 bridgehead atoms. The number of nitrogens with zero attached hydrogens (tertiary/aromatic N) is 3. The van der Waals surface area contributed by atoms with Crippen molar-refractivity contribution in [3.8, 4) is 27.7 Å². The number of hydrogen-bond donors (Lipinski definition) is 3. The molecule has 0 saturated carbocycles. The van der Waals surface area contributed by atoms with Gasteiger partial charge in [-0.3, -0.25) is 9.55 Å². The van der Waals surface area contributed by atoms with Gasteiger partial charge in [0, 0.05) is 29.5 Å². The van der Waals surface area contributed by atoms with E-state index in [-0.39, 0.29) is 11.6 Å². The normalized spacial score (nSPS) is 11.2. The lowest BCUT2D eigenvalue weighted by Crippen LogP contribution is -2.22. The summed E-state index contributed by atoms with van der Waals surface area (Å²) in [5, 5.41) is 14.6. The molecule has 3 aromatic heterocycles. The fourth-order valence-corrected chi connectivity index (χ4v) is 5.16. The van der Waals surface area contributed by atoms with Crippen molar-refractivity contribution in [2.45, 2.75) is 6.54 Å². The van der Waals surface area contributed by atoms with Crippen LogP contribution in [0.5, 0.6) is 5.88 Å². The van der Waals surface area contributed by atoms with Crippen LogP contribution in [0, 0.1) is 0 Å². The van der Waals surface area contributed by atoms with Crippen molar-refractivity contribution in [1.29, 1.82) is 0 Å². The molecule has 160 valence electrons. The summed E-state index contributed by atoms with van der Waals surface area (Å²) in [5.41, 5.74) is 1.66. The summed E-state index contributed by atoms with van der Waals surface area (Å²) in [6.45, 7) is 0.738. The van der Waals surface area contributed by atoms with Gasteiger partial charge in [0.25, 0.3) is 0 Å². The van der Waals surface area contributed by atoms with Gasteiger partial charge in [-0.2, -0.15) is 0 Å². The molecular weight excluding hydrogens is 490 g/mol. The molecule has 7 nitrogen and oxygen atoms in total. The zero-order valence-corrected chi connectivity index (χ0v) is 19.2. The Bertz CT molecular complexity index is 1430. The van der Waals surface area contributed by atoms with Gasteiger partial charge >= 0.3 is 5.69 Å². The fraction of sp³-hybridized carbons (Fsp3) is 0.0870. The lowest BCUT2D eigenvalue weighted by molar-refractivity contribution is 0.457. The van der Waals surface area contributed by atoms with Crippen LogP contribution in [-0.2, 0) is 6.54 Å². The van der Waals surface area contributed by atoms with Crippen LogP contribution in [0.2, 0.25) is 0 Å². The molecule has 0 aliphatic rings. The number of aromatic nitrogens is 4. The van der Waals surface area contributed by atoms with E-state index in [0.29, 0.717) is 24.7 Å². The number of rotatable bonds is 6. The fourth-order valence-electron chi connectivity index (χ4n) is 3.56. The average molecular weight is 508 g/mol.